The zero-order valence-electron chi connectivity index (χ0n) is 8.79. The smallest absolute Gasteiger partial charge is 0.338 e. The monoisotopic (exact) mass is 288 g/mol. The van der Waals surface area contributed by atoms with Crippen LogP contribution < -0.4 is 0 Å². The first-order valence-corrected chi connectivity index (χ1v) is 5.49. The van der Waals surface area contributed by atoms with Crippen molar-refractivity contribution in [1.82, 2.24) is 0 Å². The van der Waals surface area contributed by atoms with Gasteiger partial charge in [-0.2, -0.15) is 0 Å². The Morgan fingerprint density at radius 1 is 1.62 bits per heavy atom. The molecule has 0 amide bonds. The average molecular weight is 289 g/mol. The van der Waals surface area contributed by atoms with Gasteiger partial charge in [-0.25, -0.2) is 9.18 Å². The highest BCUT2D eigenvalue weighted by molar-refractivity contribution is 9.10. The summed E-state index contributed by atoms with van der Waals surface area (Å²) in [6.45, 7) is 1.77. The molecule has 0 radical (unpaired) electrons. The SMILES string of the molecule is COC(=O)C1OC1(C)c1ccc(F)cc1Br. The van der Waals surface area contributed by atoms with Crippen molar-refractivity contribution in [3.05, 3.63) is 34.1 Å². The van der Waals surface area contributed by atoms with Crippen molar-refractivity contribution in [2.45, 2.75) is 18.6 Å². The first-order valence-electron chi connectivity index (χ1n) is 4.70. The summed E-state index contributed by atoms with van der Waals surface area (Å²) in [4.78, 5) is 11.3. The van der Waals surface area contributed by atoms with E-state index in [-0.39, 0.29) is 5.82 Å². The summed E-state index contributed by atoms with van der Waals surface area (Å²) in [5, 5.41) is 0. The summed E-state index contributed by atoms with van der Waals surface area (Å²) in [6.07, 6.45) is -0.612. The fourth-order valence-electron chi connectivity index (χ4n) is 1.69. The Morgan fingerprint density at radius 2 is 2.31 bits per heavy atom. The van der Waals surface area contributed by atoms with Crippen LogP contribution in [0.5, 0.6) is 0 Å². The lowest BCUT2D eigenvalue weighted by Crippen LogP contribution is -2.17. The molecule has 2 rings (SSSR count). The number of ether oxygens (including phenoxy) is 2. The van der Waals surface area contributed by atoms with Crippen molar-refractivity contribution in [2.75, 3.05) is 7.11 Å². The van der Waals surface area contributed by atoms with E-state index in [2.05, 4.69) is 20.7 Å². The van der Waals surface area contributed by atoms with Gasteiger partial charge in [0.05, 0.1) is 7.11 Å². The van der Waals surface area contributed by atoms with Crippen LogP contribution in [-0.4, -0.2) is 19.2 Å². The number of methoxy groups -OCH3 is 1. The lowest BCUT2D eigenvalue weighted by molar-refractivity contribution is -0.142. The second kappa shape index (κ2) is 3.82. The van der Waals surface area contributed by atoms with E-state index < -0.39 is 17.7 Å². The molecule has 1 aromatic rings. The Labute approximate surface area is 101 Å². The van der Waals surface area contributed by atoms with Crippen molar-refractivity contribution >= 4 is 21.9 Å². The third-order valence-electron chi connectivity index (χ3n) is 2.69. The lowest BCUT2D eigenvalue weighted by Gasteiger charge is -2.08. The molecule has 1 fully saturated rings. The molecule has 1 saturated heterocycles. The van der Waals surface area contributed by atoms with E-state index in [1.54, 1.807) is 13.0 Å². The van der Waals surface area contributed by atoms with Gasteiger partial charge in [0.25, 0.3) is 0 Å². The van der Waals surface area contributed by atoms with Crippen LogP contribution in [0.1, 0.15) is 12.5 Å². The molecule has 5 heteroatoms. The van der Waals surface area contributed by atoms with Crippen molar-refractivity contribution in [2.24, 2.45) is 0 Å². The summed E-state index contributed by atoms with van der Waals surface area (Å²) < 4.78 is 23.4. The van der Waals surface area contributed by atoms with Gasteiger partial charge >= 0.3 is 5.97 Å². The molecule has 0 aliphatic carbocycles. The minimum absolute atomic E-state index is 0.338. The van der Waals surface area contributed by atoms with E-state index in [4.69, 9.17) is 4.74 Å². The van der Waals surface area contributed by atoms with Gasteiger partial charge in [-0.1, -0.05) is 22.0 Å². The Kier molecular flexibility index (Phi) is 2.75. The summed E-state index contributed by atoms with van der Waals surface area (Å²) >= 11 is 3.25. The zero-order chi connectivity index (χ0) is 11.9. The molecule has 1 aliphatic heterocycles. The number of carbonyl (C=O) groups is 1. The van der Waals surface area contributed by atoms with Crippen LogP contribution in [-0.2, 0) is 19.9 Å². The number of esters is 1. The van der Waals surface area contributed by atoms with Crippen LogP contribution in [0.15, 0.2) is 22.7 Å². The maximum Gasteiger partial charge on any atom is 0.338 e. The lowest BCUT2D eigenvalue weighted by atomic mass is 9.97. The molecule has 1 aromatic carbocycles. The molecular weight excluding hydrogens is 279 g/mol. The molecular formula is C11H10BrFO3. The number of rotatable bonds is 2. The number of hydrogen-bond acceptors (Lipinski definition) is 3. The van der Waals surface area contributed by atoms with E-state index in [0.29, 0.717) is 4.47 Å². The van der Waals surface area contributed by atoms with Crippen LogP contribution in [0.3, 0.4) is 0 Å². The predicted octanol–water partition coefficient (Wildman–Crippen LogP) is 2.38. The van der Waals surface area contributed by atoms with Crippen LogP contribution in [0, 0.1) is 5.82 Å². The Hall–Kier alpha value is -0.940. The number of hydrogen-bond donors (Lipinski definition) is 0. The van der Waals surface area contributed by atoms with Gasteiger partial charge in [-0.05, 0) is 19.1 Å². The van der Waals surface area contributed by atoms with Gasteiger partial charge in [-0.3, -0.25) is 0 Å². The fourth-order valence-corrected chi connectivity index (χ4v) is 2.43. The second-order valence-electron chi connectivity index (χ2n) is 3.75. The second-order valence-corrected chi connectivity index (χ2v) is 4.61. The van der Waals surface area contributed by atoms with Gasteiger partial charge in [0.15, 0.2) is 6.10 Å². The highest BCUT2D eigenvalue weighted by atomic mass is 79.9. The van der Waals surface area contributed by atoms with Crippen molar-refractivity contribution in [3.63, 3.8) is 0 Å². The highest BCUT2D eigenvalue weighted by Gasteiger charge is 2.59. The molecule has 0 saturated carbocycles. The summed E-state index contributed by atoms with van der Waals surface area (Å²) in [5.41, 5.74) is 0.0175. The largest absolute Gasteiger partial charge is 0.467 e. The Balaban J connectivity index is 2.30. The average Bonchev–Trinajstić information content (AvgIpc) is 2.90. The standard InChI is InChI=1S/C11H10BrFO3/c1-11(9(16-11)10(14)15-2)7-4-3-6(13)5-8(7)12/h3-5,9H,1-2H3. The van der Waals surface area contributed by atoms with Gasteiger partial charge < -0.3 is 9.47 Å². The van der Waals surface area contributed by atoms with E-state index in [1.165, 1.54) is 19.2 Å². The van der Waals surface area contributed by atoms with Crippen LogP contribution in [0.2, 0.25) is 0 Å². The maximum absolute atomic E-state index is 12.9. The predicted molar refractivity (Wildman–Crippen MR) is 58.3 cm³/mol. The van der Waals surface area contributed by atoms with Crippen molar-refractivity contribution in [3.8, 4) is 0 Å². The minimum Gasteiger partial charge on any atom is -0.467 e. The third kappa shape index (κ3) is 1.74. The number of benzene rings is 1. The Bertz CT molecular complexity index is 449. The van der Waals surface area contributed by atoms with Gasteiger partial charge in [0, 0.05) is 10.0 Å². The van der Waals surface area contributed by atoms with E-state index in [1.807, 2.05) is 0 Å². The molecule has 0 bridgehead atoms. The van der Waals surface area contributed by atoms with Crippen LogP contribution >= 0.6 is 15.9 Å². The van der Waals surface area contributed by atoms with Crippen LogP contribution in [0.25, 0.3) is 0 Å². The summed E-state index contributed by atoms with van der Waals surface area (Å²) in [5.74, 6) is -0.756. The summed E-state index contributed by atoms with van der Waals surface area (Å²) in [7, 11) is 1.31. The molecule has 0 N–H and O–H groups in total. The molecule has 0 spiro atoms. The Morgan fingerprint density at radius 3 is 2.88 bits per heavy atom. The zero-order valence-corrected chi connectivity index (χ0v) is 10.4. The molecule has 16 heavy (non-hydrogen) atoms. The van der Waals surface area contributed by atoms with Crippen molar-refractivity contribution < 1.29 is 18.7 Å². The van der Waals surface area contributed by atoms with E-state index >= 15 is 0 Å². The molecule has 3 nitrogen and oxygen atoms in total. The molecule has 2 unspecified atom stereocenters. The molecule has 2 atom stereocenters. The number of carbonyl (C=O) groups excluding carboxylic acids is 1. The normalized spacial score (nSPS) is 27.6. The molecule has 1 aliphatic rings. The number of epoxide rings is 1. The van der Waals surface area contributed by atoms with Gasteiger partial charge in [-0.15, -0.1) is 0 Å². The molecule has 1 heterocycles. The van der Waals surface area contributed by atoms with Gasteiger partial charge in [0.2, 0.25) is 0 Å². The molecule has 86 valence electrons. The van der Waals surface area contributed by atoms with Crippen LogP contribution in [0.4, 0.5) is 4.39 Å². The fraction of sp³-hybridized carbons (Fsp3) is 0.364. The van der Waals surface area contributed by atoms with E-state index in [0.717, 1.165) is 5.56 Å². The highest BCUT2D eigenvalue weighted by Crippen LogP contribution is 2.48. The topological polar surface area (TPSA) is 38.8 Å². The first-order chi connectivity index (χ1) is 7.49. The first kappa shape index (κ1) is 11.5. The number of halogens is 2. The molecule has 0 aromatic heterocycles. The quantitative estimate of drug-likeness (QED) is 0.620. The van der Waals surface area contributed by atoms with Gasteiger partial charge in [0.1, 0.15) is 11.4 Å². The van der Waals surface area contributed by atoms with Crippen molar-refractivity contribution in [1.29, 1.82) is 0 Å². The van der Waals surface area contributed by atoms with E-state index in [9.17, 15) is 9.18 Å². The maximum atomic E-state index is 12.9. The third-order valence-corrected chi connectivity index (χ3v) is 3.34. The minimum atomic E-state index is -0.723. The summed E-state index contributed by atoms with van der Waals surface area (Å²) in [6, 6.07) is 4.28.